The van der Waals surface area contributed by atoms with Crippen LogP contribution in [-0.4, -0.2) is 37.7 Å². The van der Waals surface area contributed by atoms with Crippen LogP contribution in [0.4, 0.5) is 0 Å². The molecule has 0 fully saturated rings. The summed E-state index contributed by atoms with van der Waals surface area (Å²) in [7, 11) is 0. The van der Waals surface area contributed by atoms with Crippen LogP contribution in [0.2, 0.25) is 0 Å². The van der Waals surface area contributed by atoms with Gasteiger partial charge in [-0.05, 0) is 0 Å². The van der Waals surface area contributed by atoms with Crippen LogP contribution in [0, 0.1) is 0 Å². The van der Waals surface area contributed by atoms with Crippen molar-refractivity contribution < 1.29 is 69.9 Å². The normalized spacial score (nSPS) is 0.714. The SMILES string of the molecule is [Co].[Li].[Li].[Mn].[Ni].[O]=[Co]. The third-order valence-electron chi connectivity index (χ3n) is 0. The van der Waals surface area contributed by atoms with E-state index in [9.17, 15) is 0 Å². The maximum absolute atomic E-state index is 7.94. The fourth-order valence-corrected chi connectivity index (χ4v) is 0. The third-order valence-corrected chi connectivity index (χ3v) is 0. The van der Waals surface area contributed by atoms with Gasteiger partial charge in [0.1, 0.15) is 0 Å². The average molecular weight is 261 g/mol. The van der Waals surface area contributed by atoms with E-state index >= 15 is 0 Å². The van der Waals surface area contributed by atoms with Crippen molar-refractivity contribution in [1.29, 1.82) is 0 Å². The van der Waals surface area contributed by atoms with Gasteiger partial charge in [0.15, 0.2) is 0 Å². The van der Waals surface area contributed by atoms with Gasteiger partial charge in [-0.2, -0.15) is 0 Å². The van der Waals surface area contributed by atoms with Crippen molar-refractivity contribution in [3.63, 3.8) is 0 Å². The van der Waals surface area contributed by atoms with E-state index in [-0.39, 0.29) is 88.1 Å². The zero-order chi connectivity index (χ0) is 2.00. The van der Waals surface area contributed by atoms with Crippen molar-refractivity contribution in [3.05, 3.63) is 0 Å². The molecule has 7 heteroatoms. The summed E-state index contributed by atoms with van der Waals surface area (Å²) in [6.07, 6.45) is 0. The molecule has 0 saturated carbocycles. The molecule has 0 aliphatic carbocycles. The first-order valence-electron chi connectivity index (χ1n) is 0.136. The van der Waals surface area contributed by atoms with E-state index in [1.165, 1.54) is 0 Å². The van der Waals surface area contributed by atoms with Crippen molar-refractivity contribution >= 4 is 37.7 Å². The van der Waals surface area contributed by atoms with Gasteiger partial charge in [0.2, 0.25) is 0 Å². The Kier molecular flexibility index (Phi) is 458. The first kappa shape index (κ1) is 50.4. The van der Waals surface area contributed by atoms with Crippen LogP contribution in [0.15, 0.2) is 0 Å². The van der Waals surface area contributed by atoms with Gasteiger partial charge in [0.25, 0.3) is 0 Å². The molecule has 0 rings (SSSR count). The molecule has 0 N–H and O–H groups in total. The van der Waals surface area contributed by atoms with Crippen LogP contribution in [0.25, 0.3) is 0 Å². The molecule has 0 atom stereocenters. The summed E-state index contributed by atoms with van der Waals surface area (Å²) < 4.78 is 7.94. The molecule has 0 amide bonds. The van der Waals surface area contributed by atoms with Crippen molar-refractivity contribution in [1.82, 2.24) is 0 Å². The Morgan fingerprint density at radius 3 is 1.00 bits per heavy atom. The summed E-state index contributed by atoms with van der Waals surface area (Å²) >= 11 is 2.31. The van der Waals surface area contributed by atoms with E-state index in [1.54, 1.807) is 0 Å². The zero-order valence-corrected chi connectivity index (χ0v) is 8.02. The maximum atomic E-state index is 7.94. The molecule has 0 aliphatic rings. The Bertz CT molecular complexity index is 15.7. The number of hydrogen-bond acceptors (Lipinski definition) is 1. The Morgan fingerprint density at radius 1 is 1.00 bits per heavy atom. The fraction of sp³-hybridized carbons (Fsp3) is 0. The summed E-state index contributed by atoms with van der Waals surface area (Å²) in [6, 6.07) is 0. The third kappa shape index (κ3) is 48.7. The van der Waals surface area contributed by atoms with Crippen molar-refractivity contribution in [3.8, 4) is 0 Å². The number of rotatable bonds is 0. The Labute approximate surface area is 106 Å². The van der Waals surface area contributed by atoms with Crippen LogP contribution in [-0.2, 0) is 69.9 Å². The van der Waals surface area contributed by atoms with E-state index in [0.29, 0.717) is 0 Å². The molecule has 43 valence electrons. The summed E-state index contributed by atoms with van der Waals surface area (Å²) in [5.41, 5.74) is 0. The van der Waals surface area contributed by atoms with Crippen molar-refractivity contribution in [2.75, 3.05) is 0 Å². The predicted molar refractivity (Wildman–Crippen MR) is 12.2 cm³/mol. The molecule has 0 unspecified atom stereocenters. The Balaban J connectivity index is -0.000000000500. The molecule has 4 radical (unpaired) electrons. The van der Waals surface area contributed by atoms with Gasteiger partial charge in [0.05, 0.1) is 0 Å². The summed E-state index contributed by atoms with van der Waals surface area (Å²) in [5.74, 6) is 0. The van der Waals surface area contributed by atoms with E-state index in [4.69, 9.17) is 3.87 Å². The van der Waals surface area contributed by atoms with Crippen LogP contribution >= 0.6 is 0 Å². The second-order valence-electron chi connectivity index (χ2n) is 0. The fourth-order valence-electron chi connectivity index (χ4n) is 0. The van der Waals surface area contributed by atoms with Gasteiger partial charge in [-0.3, -0.25) is 0 Å². The molecule has 7 heavy (non-hydrogen) atoms. The first-order valence-corrected chi connectivity index (χ1v) is 0.561. The van der Waals surface area contributed by atoms with E-state index in [1.807, 2.05) is 0 Å². The second kappa shape index (κ2) is 63.6. The average Bonchev–Trinajstić information content (AvgIpc) is 1.00. The Hall–Kier alpha value is 3.02. The molecule has 0 heterocycles. The standard InChI is InChI=1S/2Co.2Li.Mn.Ni.O. The molecule has 0 spiro atoms. The zero-order valence-electron chi connectivity index (χ0n) is 3.77. The molecular formula is Co2Li2MnNiO. The van der Waals surface area contributed by atoms with Gasteiger partial charge in [-0.25, -0.2) is 0 Å². The minimum absolute atomic E-state index is 0. The predicted octanol–water partition coefficient (Wildman–Crippen LogP) is -0.890. The van der Waals surface area contributed by atoms with Gasteiger partial charge < -0.3 is 0 Å². The second-order valence-corrected chi connectivity index (χ2v) is 0. The molecule has 1 nitrogen and oxygen atoms in total. The van der Waals surface area contributed by atoms with Crippen LogP contribution < -0.4 is 0 Å². The molecule has 0 bridgehead atoms. The van der Waals surface area contributed by atoms with Crippen LogP contribution in [0.5, 0.6) is 0 Å². The van der Waals surface area contributed by atoms with Crippen molar-refractivity contribution in [2.45, 2.75) is 0 Å². The quantitative estimate of drug-likeness (QED) is 0.517. The van der Waals surface area contributed by atoms with Gasteiger partial charge in [-0.1, -0.05) is 0 Å². The van der Waals surface area contributed by atoms with E-state index in [0.717, 1.165) is 0 Å². The first-order chi connectivity index (χ1) is 1.00. The van der Waals surface area contributed by atoms with E-state index in [2.05, 4.69) is 15.7 Å². The Morgan fingerprint density at radius 2 is 1.00 bits per heavy atom. The van der Waals surface area contributed by atoms with E-state index < -0.39 is 0 Å². The summed E-state index contributed by atoms with van der Waals surface area (Å²) in [4.78, 5) is 0. The molecule has 0 aromatic heterocycles. The number of hydrogen-bond donors (Lipinski definition) is 0. The molecule has 0 saturated heterocycles. The monoisotopic (exact) mass is 261 g/mol. The molecular weight excluding hydrogens is 261 g/mol. The minimum atomic E-state index is 0. The topological polar surface area (TPSA) is 17.1 Å². The van der Waals surface area contributed by atoms with Gasteiger partial charge in [-0.15, -0.1) is 0 Å². The summed E-state index contributed by atoms with van der Waals surface area (Å²) in [5, 5.41) is 0. The van der Waals surface area contributed by atoms with Crippen molar-refractivity contribution in [2.24, 2.45) is 0 Å². The molecule has 0 aliphatic heterocycles. The van der Waals surface area contributed by atoms with Crippen LogP contribution in [0.3, 0.4) is 0 Å². The van der Waals surface area contributed by atoms with Crippen LogP contribution in [0.1, 0.15) is 0 Å². The van der Waals surface area contributed by atoms with Gasteiger partial charge >= 0.3 is 19.5 Å². The molecule has 0 aromatic carbocycles. The summed E-state index contributed by atoms with van der Waals surface area (Å²) in [6.45, 7) is 0. The van der Waals surface area contributed by atoms with Gasteiger partial charge in [0, 0.05) is 88.1 Å². The molecule has 0 aromatic rings.